The highest BCUT2D eigenvalue weighted by Gasteiger charge is 2.16. The molecular weight excluding hydrogens is 324 g/mol. The molecule has 3 atom stereocenters. The van der Waals surface area contributed by atoms with Gasteiger partial charge in [-0.3, -0.25) is 4.21 Å². The number of nitrogens with one attached hydrogen (secondary N) is 2. The number of benzene rings is 1. The molecule has 7 heteroatoms. The van der Waals surface area contributed by atoms with Gasteiger partial charge < -0.3 is 15.1 Å². The molecule has 0 aliphatic carbocycles. The van der Waals surface area contributed by atoms with Crippen LogP contribution in [0.1, 0.15) is 25.6 Å². The number of halogens is 1. The van der Waals surface area contributed by atoms with Crippen molar-refractivity contribution in [1.29, 1.82) is 0 Å². The van der Waals surface area contributed by atoms with Gasteiger partial charge in [-0.1, -0.05) is 11.6 Å². The smallest absolute Gasteiger partial charge is 0.315 e. The minimum absolute atomic E-state index is 0.160. The fourth-order valence-electron chi connectivity index (χ4n) is 2.18. The van der Waals surface area contributed by atoms with E-state index < -0.39 is 10.8 Å². The lowest BCUT2D eigenvalue weighted by molar-refractivity contribution is 0.234. The van der Waals surface area contributed by atoms with Crippen molar-refractivity contribution < 1.29 is 13.4 Å². The molecule has 0 aliphatic heterocycles. The van der Waals surface area contributed by atoms with Crippen molar-refractivity contribution in [3.8, 4) is 0 Å². The molecule has 0 fully saturated rings. The summed E-state index contributed by atoms with van der Waals surface area (Å²) < 4.78 is 16.8. The second kappa shape index (κ2) is 7.15. The Labute approximate surface area is 136 Å². The van der Waals surface area contributed by atoms with Crippen LogP contribution in [0.5, 0.6) is 0 Å². The largest absolute Gasteiger partial charge is 0.459 e. The molecule has 22 heavy (non-hydrogen) atoms. The van der Waals surface area contributed by atoms with Crippen molar-refractivity contribution >= 4 is 39.4 Å². The zero-order valence-corrected chi connectivity index (χ0v) is 14.3. The van der Waals surface area contributed by atoms with E-state index in [9.17, 15) is 9.00 Å². The Morgan fingerprint density at radius 2 is 2.05 bits per heavy atom. The van der Waals surface area contributed by atoms with Crippen molar-refractivity contribution in [2.24, 2.45) is 0 Å². The number of furan rings is 1. The topological polar surface area (TPSA) is 71.3 Å². The van der Waals surface area contributed by atoms with Gasteiger partial charge in [0, 0.05) is 39.3 Å². The molecule has 0 saturated heterocycles. The first-order valence-electron chi connectivity index (χ1n) is 6.91. The van der Waals surface area contributed by atoms with Crippen molar-refractivity contribution in [1.82, 2.24) is 10.6 Å². The Hall–Kier alpha value is -1.53. The lowest BCUT2D eigenvalue weighted by Crippen LogP contribution is -2.43. The number of fused-ring (bicyclic) bond motifs is 1. The van der Waals surface area contributed by atoms with Crippen molar-refractivity contribution in [3.05, 3.63) is 35.0 Å². The maximum atomic E-state index is 11.9. The maximum absolute atomic E-state index is 11.9. The summed E-state index contributed by atoms with van der Waals surface area (Å²) in [6.07, 6.45) is 1.61. The zero-order valence-electron chi connectivity index (χ0n) is 12.7. The van der Waals surface area contributed by atoms with Gasteiger partial charge in [0.25, 0.3) is 0 Å². The third-order valence-electron chi connectivity index (χ3n) is 3.13. The normalized spacial score (nSPS) is 15.3. The first kappa shape index (κ1) is 16.8. The number of carbonyl (C=O) groups excluding carboxylic acids is 1. The molecule has 0 spiro atoms. The van der Waals surface area contributed by atoms with E-state index >= 15 is 0 Å². The second-order valence-corrected chi connectivity index (χ2v) is 7.23. The monoisotopic (exact) mass is 342 g/mol. The van der Waals surface area contributed by atoms with E-state index in [0.717, 1.165) is 11.0 Å². The van der Waals surface area contributed by atoms with Crippen LogP contribution in [0.2, 0.25) is 5.02 Å². The molecule has 5 nitrogen and oxygen atoms in total. The Bertz CT molecular complexity index is 701. The fourth-order valence-corrected chi connectivity index (χ4v) is 3.14. The highest BCUT2D eigenvalue weighted by Crippen LogP contribution is 2.26. The Morgan fingerprint density at radius 1 is 1.32 bits per heavy atom. The van der Waals surface area contributed by atoms with Gasteiger partial charge >= 0.3 is 6.03 Å². The Balaban J connectivity index is 1.99. The van der Waals surface area contributed by atoms with Crippen LogP contribution < -0.4 is 10.6 Å². The standard InChI is InChI=1S/C15H19ClN2O3S/c1-9(8-22(3)20)17-15(19)18-10(2)14-7-11-6-12(16)4-5-13(11)21-14/h4-7,9-10H,8H2,1-3H3,(H2,17,18,19). The number of hydrogen-bond acceptors (Lipinski definition) is 3. The maximum Gasteiger partial charge on any atom is 0.315 e. The van der Waals surface area contributed by atoms with E-state index in [1.165, 1.54) is 0 Å². The van der Waals surface area contributed by atoms with Crippen LogP contribution in [-0.2, 0) is 10.8 Å². The molecule has 0 radical (unpaired) electrons. The summed E-state index contributed by atoms with van der Waals surface area (Å²) in [4.78, 5) is 11.9. The summed E-state index contributed by atoms with van der Waals surface area (Å²) in [5.74, 6) is 1.07. The number of carbonyl (C=O) groups is 1. The third-order valence-corrected chi connectivity index (χ3v) is 4.34. The molecule has 1 heterocycles. The van der Waals surface area contributed by atoms with Gasteiger partial charge in [-0.25, -0.2) is 4.79 Å². The first-order chi connectivity index (χ1) is 10.3. The van der Waals surface area contributed by atoms with Gasteiger partial charge in [-0.2, -0.15) is 0 Å². The second-order valence-electron chi connectivity index (χ2n) is 5.31. The molecule has 1 aromatic carbocycles. The zero-order chi connectivity index (χ0) is 16.3. The summed E-state index contributed by atoms with van der Waals surface area (Å²) in [7, 11) is -0.947. The molecule has 120 valence electrons. The Kier molecular flexibility index (Phi) is 5.47. The lowest BCUT2D eigenvalue weighted by atomic mass is 10.2. The van der Waals surface area contributed by atoms with Crippen LogP contribution in [0.15, 0.2) is 28.7 Å². The van der Waals surface area contributed by atoms with Crippen molar-refractivity contribution in [2.75, 3.05) is 12.0 Å². The van der Waals surface area contributed by atoms with Gasteiger partial charge in [0.15, 0.2) is 0 Å². The molecule has 2 N–H and O–H groups in total. The number of amides is 2. The molecule has 2 amide bonds. The molecule has 0 saturated carbocycles. The van der Waals surface area contributed by atoms with Crippen molar-refractivity contribution in [3.63, 3.8) is 0 Å². The van der Waals surface area contributed by atoms with E-state index in [0.29, 0.717) is 16.5 Å². The summed E-state index contributed by atoms with van der Waals surface area (Å²) in [6, 6.07) is 6.47. The van der Waals surface area contributed by atoms with E-state index in [2.05, 4.69) is 10.6 Å². The highest BCUT2D eigenvalue weighted by atomic mass is 35.5. The lowest BCUT2D eigenvalue weighted by Gasteiger charge is -2.16. The summed E-state index contributed by atoms with van der Waals surface area (Å²) in [5.41, 5.74) is 0.725. The molecular formula is C15H19ClN2O3S. The van der Waals surface area contributed by atoms with Crippen molar-refractivity contribution in [2.45, 2.75) is 25.9 Å². The summed E-state index contributed by atoms with van der Waals surface area (Å²) >= 11 is 5.94. The van der Waals surface area contributed by atoms with Crippen LogP contribution in [0.3, 0.4) is 0 Å². The molecule has 2 rings (SSSR count). The van der Waals surface area contributed by atoms with E-state index in [-0.39, 0.29) is 18.1 Å². The van der Waals surface area contributed by atoms with Crippen LogP contribution in [0.4, 0.5) is 4.79 Å². The summed E-state index contributed by atoms with van der Waals surface area (Å²) in [5, 5.41) is 7.08. The molecule has 1 aromatic heterocycles. The average molecular weight is 343 g/mol. The van der Waals surface area contributed by atoms with E-state index in [4.69, 9.17) is 16.0 Å². The van der Waals surface area contributed by atoms with Gasteiger partial charge in [-0.15, -0.1) is 0 Å². The molecule has 0 bridgehead atoms. The Morgan fingerprint density at radius 3 is 2.73 bits per heavy atom. The van der Waals surface area contributed by atoms with Gasteiger partial charge in [0.2, 0.25) is 0 Å². The third kappa shape index (κ3) is 4.48. The highest BCUT2D eigenvalue weighted by molar-refractivity contribution is 7.84. The molecule has 2 aromatic rings. The predicted octanol–water partition coefficient (Wildman–Crippen LogP) is 3.21. The quantitative estimate of drug-likeness (QED) is 0.876. The molecule has 0 aliphatic rings. The summed E-state index contributed by atoms with van der Waals surface area (Å²) in [6.45, 7) is 3.65. The van der Waals surface area contributed by atoms with Gasteiger partial charge in [0.1, 0.15) is 11.3 Å². The first-order valence-corrected chi connectivity index (χ1v) is 9.01. The predicted molar refractivity (Wildman–Crippen MR) is 89.7 cm³/mol. The van der Waals surface area contributed by atoms with Gasteiger partial charge in [0.05, 0.1) is 6.04 Å². The minimum atomic E-state index is -0.947. The average Bonchev–Trinajstić information content (AvgIpc) is 2.80. The van der Waals surface area contributed by atoms with E-state index in [1.54, 1.807) is 18.4 Å². The SMILES string of the molecule is CC(CS(C)=O)NC(=O)NC(C)c1cc2cc(Cl)ccc2o1. The van der Waals surface area contributed by atoms with Crippen LogP contribution in [0, 0.1) is 0 Å². The van der Waals surface area contributed by atoms with Gasteiger partial charge in [-0.05, 0) is 38.1 Å². The number of hydrogen-bond donors (Lipinski definition) is 2. The van der Waals surface area contributed by atoms with Crippen LogP contribution in [-0.4, -0.2) is 28.3 Å². The molecule has 3 unspecified atom stereocenters. The van der Waals surface area contributed by atoms with E-state index in [1.807, 2.05) is 26.0 Å². The number of rotatable bonds is 5. The van der Waals surface area contributed by atoms with Crippen LogP contribution >= 0.6 is 11.6 Å². The fraction of sp³-hybridized carbons (Fsp3) is 0.400. The van der Waals surface area contributed by atoms with Crippen LogP contribution in [0.25, 0.3) is 11.0 Å². The minimum Gasteiger partial charge on any atom is -0.459 e. The number of urea groups is 1.